The number of ether oxygens (including phenoxy) is 1. The Hall–Kier alpha value is -1.95. The van der Waals surface area contributed by atoms with Crippen molar-refractivity contribution in [3.05, 3.63) is 30.1 Å². The number of piperidine rings is 1. The summed E-state index contributed by atoms with van der Waals surface area (Å²) in [4.78, 5) is 32.3. The van der Waals surface area contributed by atoms with Crippen LogP contribution < -0.4 is 0 Å². The minimum atomic E-state index is -0.0667. The third kappa shape index (κ3) is 3.52. The molecule has 3 heterocycles. The second kappa shape index (κ2) is 7.08. The molecule has 0 unspecified atom stereocenters. The van der Waals surface area contributed by atoms with Crippen molar-refractivity contribution in [3.8, 4) is 0 Å². The molecule has 0 N–H and O–H groups in total. The van der Waals surface area contributed by atoms with E-state index in [9.17, 15) is 9.59 Å². The van der Waals surface area contributed by atoms with Crippen molar-refractivity contribution >= 4 is 11.8 Å². The predicted molar refractivity (Wildman–Crippen MR) is 84.7 cm³/mol. The number of aromatic nitrogens is 1. The van der Waals surface area contributed by atoms with Crippen LogP contribution in [0.5, 0.6) is 0 Å². The van der Waals surface area contributed by atoms with Gasteiger partial charge >= 0.3 is 0 Å². The minimum Gasteiger partial charge on any atom is -0.375 e. The van der Waals surface area contributed by atoms with Gasteiger partial charge in [-0.25, -0.2) is 0 Å². The first-order valence-corrected chi connectivity index (χ1v) is 8.14. The van der Waals surface area contributed by atoms with Crippen molar-refractivity contribution in [1.29, 1.82) is 0 Å². The quantitative estimate of drug-likeness (QED) is 0.827. The lowest BCUT2D eigenvalue weighted by atomic mass is 9.89. The van der Waals surface area contributed by atoms with Crippen LogP contribution in [-0.4, -0.2) is 66.5 Å². The number of amides is 2. The van der Waals surface area contributed by atoms with Gasteiger partial charge in [-0.15, -0.1) is 0 Å². The molecular formula is C17H23N3O3. The van der Waals surface area contributed by atoms with E-state index in [0.717, 1.165) is 32.5 Å². The molecule has 23 heavy (non-hydrogen) atoms. The van der Waals surface area contributed by atoms with Crippen LogP contribution in [0.1, 0.15) is 24.3 Å². The SMILES string of the molecule is COCC(=O)N1CCC[C@H](C(=O)N2CC(c3ccncc3)C2)C1. The van der Waals surface area contributed by atoms with Gasteiger partial charge in [-0.1, -0.05) is 0 Å². The molecule has 0 bridgehead atoms. The van der Waals surface area contributed by atoms with Crippen molar-refractivity contribution in [2.75, 3.05) is 39.9 Å². The van der Waals surface area contributed by atoms with Crippen molar-refractivity contribution < 1.29 is 14.3 Å². The summed E-state index contributed by atoms with van der Waals surface area (Å²) in [5.41, 5.74) is 1.24. The van der Waals surface area contributed by atoms with E-state index < -0.39 is 0 Å². The maximum absolute atomic E-state index is 12.6. The van der Waals surface area contributed by atoms with Crippen molar-refractivity contribution in [2.24, 2.45) is 5.92 Å². The van der Waals surface area contributed by atoms with E-state index in [4.69, 9.17) is 4.74 Å². The van der Waals surface area contributed by atoms with Gasteiger partial charge in [-0.2, -0.15) is 0 Å². The fourth-order valence-corrected chi connectivity index (χ4v) is 3.38. The minimum absolute atomic E-state index is 0.0247. The number of likely N-dealkylation sites (tertiary alicyclic amines) is 2. The summed E-state index contributed by atoms with van der Waals surface area (Å²) in [5.74, 6) is 0.508. The molecule has 0 radical (unpaired) electrons. The third-order valence-corrected chi connectivity index (χ3v) is 4.76. The Bertz CT molecular complexity index is 557. The van der Waals surface area contributed by atoms with Crippen molar-refractivity contribution in [3.63, 3.8) is 0 Å². The number of nitrogens with zero attached hydrogens (tertiary/aromatic N) is 3. The van der Waals surface area contributed by atoms with Crippen LogP contribution in [0.4, 0.5) is 0 Å². The monoisotopic (exact) mass is 317 g/mol. The first-order chi connectivity index (χ1) is 11.2. The molecular weight excluding hydrogens is 294 g/mol. The summed E-state index contributed by atoms with van der Waals surface area (Å²) < 4.78 is 4.90. The molecule has 2 amide bonds. The fraction of sp³-hybridized carbons (Fsp3) is 0.588. The Morgan fingerprint density at radius 2 is 1.96 bits per heavy atom. The van der Waals surface area contributed by atoms with Gasteiger partial charge in [-0.3, -0.25) is 14.6 Å². The smallest absolute Gasteiger partial charge is 0.248 e. The number of rotatable bonds is 4. The number of hydrogen-bond donors (Lipinski definition) is 0. The molecule has 0 aromatic carbocycles. The lowest BCUT2D eigenvalue weighted by Crippen LogP contribution is -2.54. The summed E-state index contributed by atoms with van der Waals surface area (Å²) in [6.07, 6.45) is 5.33. The Labute approximate surface area is 136 Å². The van der Waals surface area contributed by atoms with Gasteiger partial charge in [-0.05, 0) is 30.5 Å². The highest BCUT2D eigenvalue weighted by Crippen LogP contribution is 2.29. The molecule has 1 aromatic rings. The van der Waals surface area contributed by atoms with E-state index >= 15 is 0 Å². The second-order valence-corrected chi connectivity index (χ2v) is 6.33. The van der Waals surface area contributed by atoms with E-state index in [2.05, 4.69) is 4.98 Å². The van der Waals surface area contributed by atoms with Gasteiger partial charge in [0.1, 0.15) is 6.61 Å². The van der Waals surface area contributed by atoms with Crippen LogP contribution >= 0.6 is 0 Å². The fourth-order valence-electron chi connectivity index (χ4n) is 3.38. The Morgan fingerprint density at radius 3 is 2.65 bits per heavy atom. The molecule has 0 saturated carbocycles. The van der Waals surface area contributed by atoms with Gasteiger partial charge < -0.3 is 14.5 Å². The molecule has 6 heteroatoms. The second-order valence-electron chi connectivity index (χ2n) is 6.33. The van der Waals surface area contributed by atoms with Gasteiger partial charge in [0.25, 0.3) is 0 Å². The standard InChI is InChI=1S/C17H23N3O3/c1-23-12-16(21)19-8-2-3-14(9-19)17(22)20-10-15(11-20)13-4-6-18-7-5-13/h4-7,14-15H,2-3,8-12H2,1H3/t14-/m0/s1. The van der Waals surface area contributed by atoms with Gasteiger partial charge in [0.15, 0.2) is 0 Å². The molecule has 1 atom stereocenters. The van der Waals surface area contributed by atoms with Gasteiger partial charge in [0, 0.05) is 51.6 Å². The van der Waals surface area contributed by atoms with Gasteiger partial charge in [0.2, 0.25) is 11.8 Å². The van der Waals surface area contributed by atoms with E-state index in [1.54, 1.807) is 17.3 Å². The number of carbonyl (C=O) groups is 2. The van der Waals surface area contributed by atoms with E-state index in [-0.39, 0.29) is 24.3 Å². The molecule has 2 saturated heterocycles. The normalized spacial score (nSPS) is 21.9. The zero-order chi connectivity index (χ0) is 16.2. The molecule has 3 rings (SSSR count). The van der Waals surface area contributed by atoms with Crippen molar-refractivity contribution in [2.45, 2.75) is 18.8 Å². The highest BCUT2D eigenvalue weighted by molar-refractivity contribution is 5.82. The van der Waals surface area contributed by atoms with E-state index in [1.807, 2.05) is 17.0 Å². The number of pyridine rings is 1. The van der Waals surface area contributed by atoms with E-state index in [0.29, 0.717) is 12.5 Å². The summed E-state index contributed by atoms with van der Waals surface area (Å²) >= 11 is 0. The van der Waals surface area contributed by atoms with Gasteiger partial charge in [0.05, 0.1) is 5.92 Å². The number of carbonyl (C=O) groups excluding carboxylic acids is 2. The van der Waals surface area contributed by atoms with Crippen LogP contribution in [-0.2, 0) is 14.3 Å². The van der Waals surface area contributed by atoms with Crippen LogP contribution in [0.3, 0.4) is 0 Å². The summed E-state index contributed by atoms with van der Waals surface area (Å²) in [5, 5.41) is 0. The molecule has 2 aliphatic rings. The third-order valence-electron chi connectivity index (χ3n) is 4.76. The first kappa shape index (κ1) is 15.9. The molecule has 1 aromatic heterocycles. The average Bonchev–Trinajstić information content (AvgIpc) is 2.55. The Balaban J connectivity index is 1.52. The Kier molecular flexibility index (Phi) is 4.91. The predicted octanol–water partition coefficient (Wildman–Crippen LogP) is 0.892. The van der Waals surface area contributed by atoms with Crippen LogP contribution in [0.15, 0.2) is 24.5 Å². The highest BCUT2D eigenvalue weighted by atomic mass is 16.5. The largest absolute Gasteiger partial charge is 0.375 e. The van der Waals surface area contributed by atoms with E-state index in [1.165, 1.54) is 12.7 Å². The van der Waals surface area contributed by atoms with Crippen molar-refractivity contribution in [1.82, 2.24) is 14.8 Å². The lowest BCUT2D eigenvalue weighted by molar-refractivity contribution is -0.145. The highest BCUT2D eigenvalue weighted by Gasteiger charge is 2.37. The molecule has 6 nitrogen and oxygen atoms in total. The Morgan fingerprint density at radius 1 is 1.22 bits per heavy atom. The van der Waals surface area contributed by atoms with Crippen LogP contribution in [0.25, 0.3) is 0 Å². The maximum Gasteiger partial charge on any atom is 0.248 e. The molecule has 124 valence electrons. The number of methoxy groups -OCH3 is 1. The maximum atomic E-state index is 12.6. The summed E-state index contributed by atoms with van der Waals surface area (Å²) in [6.45, 7) is 2.88. The van der Waals surface area contributed by atoms with Crippen LogP contribution in [0.2, 0.25) is 0 Å². The molecule has 2 fully saturated rings. The zero-order valence-electron chi connectivity index (χ0n) is 13.5. The molecule has 2 aliphatic heterocycles. The zero-order valence-corrected chi connectivity index (χ0v) is 13.5. The van der Waals surface area contributed by atoms with Crippen LogP contribution in [0, 0.1) is 5.92 Å². The average molecular weight is 317 g/mol. The summed E-state index contributed by atoms with van der Waals surface area (Å²) in [6, 6.07) is 4.02. The topological polar surface area (TPSA) is 62.7 Å². The molecule has 0 aliphatic carbocycles. The molecule has 0 spiro atoms. The lowest BCUT2D eigenvalue weighted by Gasteiger charge is -2.43. The summed E-state index contributed by atoms with van der Waals surface area (Å²) in [7, 11) is 1.52. The first-order valence-electron chi connectivity index (χ1n) is 8.14. The number of hydrogen-bond acceptors (Lipinski definition) is 4.